The van der Waals surface area contributed by atoms with Crippen LogP contribution in [0.25, 0.3) is 0 Å². The minimum absolute atomic E-state index is 0.444. The first-order valence-corrected chi connectivity index (χ1v) is 8.59. The summed E-state index contributed by atoms with van der Waals surface area (Å²) >= 11 is 0. The van der Waals surface area contributed by atoms with E-state index < -0.39 is 0 Å². The van der Waals surface area contributed by atoms with Crippen LogP contribution in [0.4, 0.5) is 0 Å². The maximum atomic E-state index is 4.69. The van der Waals surface area contributed by atoms with Gasteiger partial charge >= 0.3 is 0 Å². The average molecular weight is 292 g/mol. The number of aromatic nitrogens is 2. The fourth-order valence-electron chi connectivity index (χ4n) is 3.73. The number of nitrogens with one attached hydrogen (secondary N) is 1. The van der Waals surface area contributed by atoms with E-state index in [4.69, 9.17) is 0 Å². The second kappa shape index (κ2) is 7.41. The van der Waals surface area contributed by atoms with Gasteiger partial charge in [0.25, 0.3) is 0 Å². The number of rotatable bonds is 6. The third-order valence-electron chi connectivity index (χ3n) is 4.98. The summed E-state index contributed by atoms with van der Waals surface area (Å²) in [6.07, 6.45) is 4.02. The van der Waals surface area contributed by atoms with Crippen molar-refractivity contribution in [2.24, 2.45) is 0 Å². The number of aryl methyl sites for hydroxylation is 2. The van der Waals surface area contributed by atoms with Crippen molar-refractivity contribution in [3.05, 3.63) is 17.0 Å². The molecule has 0 aromatic carbocycles. The van der Waals surface area contributed by atoms with Crippen LogP contribution in [0.5, 0.6) is 0 Å². The Bertz CT molecular complexity index is 446. The van der Waals surface area contributed by atoms with Crippen LogP contribution in [0.15, 0.2) is 0 Å². The van der Waals surface area contributed by atoms with Gasteiger partial charge in [0.2, 0.25) is 0 Å². The molecular weight excluding hydrogens is 260 g/mol. The topological polar surface area (TPSA) is 33.1 Å². The van der Waals surface area contributed by atoms with Crippen molar-refractivity contribution in [3.8, 4) is 0 Å². The molecule has 1 aromatic heterocycles. The first-order chi connectivity index (χ1) is 10.1. The molecule has 4 nitrogen and oxygen atoms in total. The molecule has 1 saturated heterocycles. The van der Waals surface area contributed by atoms with E-state index in [2.05, 4.69) is 54.6 Å². The molecule has 0 spiro atoms. The Morgan fingerprint density at radius 3 is 2.62 bits per heavy atom. The standard InChI is InChI=1S/C17H32N4/c1-6-20(12-16-10-8-9-11-18-16)14(4)17-13(3)19-21(7-2)15(17)5/h14,16,18H,6-12H2,1-5H3. The SMILES string of the molecule is CCN(CC1CCCCN1)C(C)c1c(C)nn(CC)c1C. The van der Waals surface area contributed by atoms with Crippen LogP contribution in [-0.2, 0) is 6.54 Å². The Morgan fingerprint density at radius 2 is 2.10 bits per heavy atom. The molecule has 1 aliphatic rings. The number of hydrogen-bond donors (Lipinski definition) is 1. The van der Waals surface area contributed by atoms with Crippen LogP contribution in [0, 0.1) is 13.8 Å². The van der Waals surface area contributed by atoms with Crippen molar-refractivity contribution >= 4 is 0 Å². The van der Waals surface area contributed by atoms with E-state index >= 15 is 0 Å². The van der Waals surface area contributed by atoms with Gasteiger partial charge in [0, 0.05) is 36.4 Å². The number of nitrogens with zero attached hydrogens (tertiary/aromatic N) is 3. The second-order valence-corrected chi connectivity index (χ2v) is 6.31. The van der Waals surface area contributed by atoms with Gasteiger partial charge in [0.05, 0.1) is 5.69 Å². The van der Waals surface area contributed by atoms with Crippen LogP contribution in [-0.4, -0.2) is 40.4 Å². The maximum Gasteiger partial charge on any atom is 0.0644 e. The molecule has 1 N–H and O–H groups in total. The first kappa shape index (κ1) is 16.5. The number of piperidine rings is 1. The largest absolute Gasteiger partial charge is 0.313 e. The third-order valence-corrected chi connectivity index (χ3v) is 4.98. The summed E-state index contributed by atoms with van der Waals surface area (Å²) in [6.45, 7) is 15.5. The lowest BCUT2D eigenvalue weighted by Crippen LogP contribution is -2.44. The van der Waals surface area contributed by atoms with Gasteiger partial charge in [-0.05, 0) is 53.6 Å². The third kappa shape index (κ3) is 3.67. The summed E-state index contributed by atoms with van der Waals surface area (Å²) in [6, 6.07) is 1.10. The summed E-state index contributed by atoms with van der Waals surface area (Å²) in [5.41, 5.74) is 3.95. The van der Waals surface area contributed by atoms with Gasteiger partial charge < -0.3 is 5.32 Å². The van der Waals surface area contributed by atoms with E-state index in [9.17, 15) is 0 Å². The summed E-state index contributed by atoms with van der Waals surface area (Å²) in [5, 5.41) is 8.36. The first-order valence-electron chi connectivity index (χ1n) is 8.59. The molecule has 1 aliphatic heterocycles. The monoisotopic (exact) mass is 292 g/mol. The Labute approximate surface area is 129 Å². The molecule has 4 heteroatoms. The molecular formula is C17H32N4. The molecule has 2 atom stereocenters. The average Bonchev–Trinajstić information content (AvgIpc) is 2.79. The molecule has 120 valence electrons. The molecule has 0 aliphatic carbocycles. The van der Waals surface area contributed by atoms with Gasteiger partial charge in [-0.2, -0.15) is 5.10 Å². The van der Waals surface area contributed by atoms with Gasteiger partial charge in [-0.1, -0.05) is 13.3 Å². The lowest BCUT2D eigenvalue weighted by molar-refractivity contribution is 0.183. The minimum atomic E-state index is 0.444. The van der Waals surface area contributed by atoms with Crippen molar-refractivity contribution in [2.75, 3.05) is 19.6 Å². The Kier molecular flexibility index (Phi) is 5.82. The van der Waals surface area contributed by atoms with E-state index in [1.807, 2.05) is 0 Å². The van der Waals surface area contributed by atoms with Crippen LogP contribution in [0.1, 0.15) is 63.0 Å². The van der Waals surface area contributed by atoms with Gasteiger partial charge in [-0.15, -0.1) is 0 Å². The quantitative estimate of drug-likeness (QED) is 0.875. The Hall–Kier alpha value is -0.870. The minimum Gasteiger partial charge on any atom is -0.313 e. The smallest absolute Gasteiger partial charge is 0.0644 e. The second-order valence-electron chi connectivity index (χ2n) is 6.31. The number of hydrogen-bond acceptors (Lipinski definition) is 3. The van der Waals surface area contributed by atoms with Crippen molar-refractivity contribution in [3.63, 3.8) is 0 Å². The van der Waals surface area contributed by atoms with Crippen LogP contribution in [0.2, 0.25) is 0 Å². The molecule has 0 saturated carbocycles. The molecule has 1 aromatic rings. The van der Waals surface area contributed by atoms with Crippen molar-refractivity contribution in [1.82, 2.24) is 20.0 Å². The highest BCUT2D eigenvalue weighted by molar-refractivity contribution is 5.28. The fraction of sp³-hybridized carbons (Fsp3) is 0.824. The number of likely N-dealkylation sites (N-methyl/N-ethyl adjacent to an activating group) is 1. The van der Waals surface area contributed by atoms with E-state index in [1.165, 1.54) is 42.8 Å². The van der Waals surface area contributed by atoms with Crippen molar-refractivity contribution < 1.29 is 0 Å². The van der Waals surface area contributed by atoms with Crippen LogP contribution >= 0.6 is 0 Å². The molecule has 0 bridgehead atoms. The normalized spacial score (nSPS) is 21.0. The highest BCUT2D eigenvalue weighted by atomic mass is 15.3. The van der Waals surface area contributed by atoms with E-state index in [0.717, 1.165) is 19.6 Å². The van der Waals surface area contributed by atoms with Crippen LogP contribution in [0.3, 0.4) is 0 Å². The Balaban J connectivity index is 2.11. The molecule has 2 rings (SSSR count). The molecule has 0 radical (unpaired) electrons. The van der Waals surface area contributed by atoms with E-state index in [0.29, 0.717) is 12.1 Å². The molecule has 2 unspecified atom stereocenters. The molecule has 21 heavy (non-hydrogen) atoms. The summed E-state index contributed by atoms with van der Waals surface area (Å²) < 4.78 is 2.13. The zero-order chi connectivity index (χ0) is 15.4. The Morgan fingerprint density at radius 1 is 1.33 bits per heavy atom. The van der Waals surface area contributed by atoms with Crippen molar-refractivity contribution in [2.45, 2.75) is 72.5 Å². The highest BCUT2D eigenvalue weighted by Crippen LogP contribution is 2.27. The zero-order valence-corrected chi connectivity index (χ0v) is 14.4. The predicted molar refractivity (Wildman–Crippen MR) is 88.7 cm³/mol. The zero-order valence-electron chi connectivity index (χ0n) is 14.4. The highest BCUT2D eigenvalue weighted by Gasteiger charge is 2.24. The lowest BCUT2D eigenvalue weighted by Gasteiger charge is -2.34. The summed E-state index contributed by atoms with van der Waals surface area (Å²) in [5.74, 6) is 0. The van der Waals surface area contributed by atoms with Gasteiger partial charge in [0.1, 0.15) is 0 Å². The molecule has 2 heterocycles. The molecule has 0 amide bonds. The van der Waals surface area contributed by atoms with Crippen molar-refractivity contribution in [1.29, 1.82) is 0 Å². The van der Waals surface area contributed by atoms with Gasteiger partial charge in [-0.25, -0.2) is 0 Å². The predicted octanol–water partition coefficient (Wildman–Crippen LogP) is 3.04. The maximum absolute atomic E-state index is 4.69. The van der Waals surface area contributed by atoms with E-state index in [1.54, 1.807) is 0 Å². The van der Waals surface area contributed by atoms with E-state index in [-0.39, 0.29) is 0 Å². The van der Waals surface area contributed by atoms with Crippen LogP contribution < -0.4 is 5.32 Å². The molecule has 1 fully saturated rings. The summed E-state index contributed by atoms with van der Waals surface area (Å²) in [4.78, 5) is 2.60. The summed E-state index contributed by atoms with van der Waals surface area (Å²) in [7, 11) is 0. The fourth-order valence-corrected chi connectivity index (χ4v) is 3.73. The van der Waals surface area contributed by atoms with Gasteiger partial charge in [-0.3, -0.25) is 9.58 Å². The van der Waals surface area contributed by atoms with Gasteiger partial charge in [0.15, 0.2) is 0 Å². The lowest BCUT2D eigenvalue weighted by atomic mass is 10.0.